The van der Waals surface area contributed by atoms with Crippen molar-refractivity contribution in [2.45, 2.75) is 38.7 Å². The zero-order valence-electron chi connectivity index (χ0n) is 13.3. The molecule has 2 atom stereocenters. The third kappa shape index (κ3) is 3.77. The number of nitrogens with one attached hydrogen (secondary N) is 1. The summed E-state index contributed by atoms with van der Waals surface area (Å²) >= 11 is 0. The molecular weight excluding hydrogens is 278 g/mol. The summed E-state index contributed by atoms with van der Waals surface area (Å²) in [5.41, 5.74) is 1.69. The predicted molar refractivity (Wildman–Crippen MR) is 86.2 cm³/mol. The molecule has 5 nitrogen and oxygen atoms in total. The Bertz CT molecular complexity index is 514. The van der Waals surface area contributed by atoms with Gasteiger partial charge in [0.1, 0.15) is 0 Å². The molecule has 2 unspecified atom stereocenters. The Morgan fingerprint density at radius 2 is 2.32 bits per heavy atom. The van der Waals surface area contributed by atoms with Crippen LogP contribution in [0.5, 0.6) is 0 Å². The van der Waals surface area contributed by atoms with Gasteiger partial charge >= 0.3 is 0 Å². The van der Waals surface area contributed by atoms with Gasteiger partial charge in [0, 0.05) is 32.4 Å². The normalized spacial score (nSPS) is 25.2. The molecular formula is C17H25N3O2. The van der Waals surface area contributed by atoms with E-state index in [-0.39, 0.29) is 12.0 Å². The fraction of sp³-hybridized carbons (Fsp3) is 0.647. The first-order valence-electron chi connectivity index (χ1n) is 8.32. The Labute approximate surface area is 132 Å². The lowest BCUT2D eigenvalue weighted by Crippen LogP contribution is -2.35. The second kappa shape index (κ2) is 7.09. The van der Waals surface area contributed by atoms with E-state index in [0.29, 0.717) is 18.0 Å². The molecule has 0 aliphatic carbocycles. The summed E-state index contributed by atoms with van der Waals surface area (Å²) in [6.07, 6.45) is 8.27. The first-order valence-corrected chi connectivity index (χ1v) is 8.32. The Morgan fingerprint density at radius 3 is 3.09 bits per heavy atom. The molecule has 0 bridgehead atoms. The van der Waals surface area contributed by atoms with Crippen molar-refractivity contribution in [3.63, 3.8) is 0 Å². The number of anilines is 1. The molecule has 2 saturated heterocycles. The van der Waals surface area contributed by atoms with E-state index in [1.165, 1.54) is 12.8 Å². The van der Waals surface area contributed by atoms with E-state index in [1.807, 2.05) is 12.3 Å². The van der Waals surface area contributed by atoms with E-state index in [2.05, 4.69) is 22.1 Å². The zero-order valence-corrected chi connectivity index (χ0v) is 13.3. The van der Waals surface area contributed by atoms with Gasteiger partial charge in [-0.1, -0.05) is 6.92 Å². The summed E-state index contributed by atoms with van der Waals surface area (Å²) in [5, 5.41) is 2.96. The van der Waals surface area contributed by atoms with Gasteiger partial charge in [-0.15, -0.1) is 0 Å². The average Bonchev–Trinajstić information content (AvgIpc) is 3.06. The Hall–Kier alpha value is -1.62. The van der Waals surface area contributed by atoms with Gasteiger partial charge in [0.25, 0.3) is 5.91 Å². The van der Waals surface area contributed by atoms with Crippen LogP contribution in [-0.4, -0.2) is 43.2 Å². The number of hydrogen-bond donors (Lipinski definition) is 1. The number of amides is 1. The predicted octanol–water partition coefficient (Wildman–Crippen LogP) is 2.23. The lowest BCUT2D eigenvalue weighted by atomic mass is 10.00. The number of pyridine rings is 1. The van der Waals surface area contributed by atoms with Gasteiger partial charge in [-0.25, -0.2) is 0 Å². The topological polar surface area (TPSA) is 54.5 Å². The summed E-state index contributed by atoms with van der Waals surface area (Å²) in [6, 6.07) is 1.95. The second-order valence-electron chi connectivity index (χ2n) is 6.47. The third-order valence-electron chi connectivity index (χ3n) is 4.52. The largest absolute Gasteiger partial charge is 0.376 e. The fourth-order valence-corrected chi connectivity index (χ4v) is 3.26. The molecule has 5 heteroatoms. The molecule has 0 spiro atoms. The van der Waals surface area contributed by atoms with Gasteiger partial charge in [-0.2, -0.15) is 0 Å². The monoisotopic (exact) mass is 303 g/mol. The molecule has 2 aliphatic rings. The summed E-state index contributed by atoms with van der Waals surface area (Å²) < 4.78 is 5.53. The van der Waals surface area contributed by atoms with E-state index in [4.69, 9.17) is 4.74 Å². The second-order valence-corrected chi connectivity index (χ2v) is 6.47. The van der Waals surface area contributed by atoms with Crippen LogP contribution in [0.15, 0.2) is 18.5 Å². The lowest BCUT2D eigenvalue weighted by molar-refractivity contribution is 0.0857. The van der Waals surface area contributed by atoms with Gasteiger partial charge in [-0.05, 0) is 37.7 Å². The smallest absolute Gasteiger partial charge is 0.253 e. The fourth-order valence-electron chi connectivity index (χ4n) is 3.26. The molecule has 3 heterocycles. The number of hydrogen-bond acceptors (Lipinski definition) is 4. The highest BCUT2D eigenvalue weighted by molar-refractivity contribution is 5.94. The molecule has 0 saturated carbocycles. The van der Waals surface area contributed by atoms with Gasteiger partial charge in [0.05, 0.1) is 23.6 Å². The van der Waals surface area contributed by atoms with Gasteiger partial charge in [0.15, 0.2) is 0 Å². The summed E-state index contributed by atoms with van der Waals surface area (Å²) in [4.78, 5) is 18.9. The molecule has 1 amide bonds. The van der Waals surface area contributed by atoms with Crippen molar-refractivity contribution in [3.05, 3.63) is 24.0 Å². The third-order valence-corrected chi connectivity index (χ3v) is 4.52. The molecule has 2 fully saturated rings. The van der Waals surface area contributed by atoms with Crippen molar-refractivity contribution >= 4 is 11.6 Å². The lowest BCUT2D eigenvalue weighted by Gasteiger charge is -2.32. The Kier molecular flexibility index (Phi) is 4.93. The maximum atomic E-state index is 12.3. The van der Waals surface area contributed by atoms with E-state index >= 15 is 0 Å². The van der Waals surface area contributed by atoms with E-state index in [1.54, 1.807) is 6.20 Å². The summed E-state index contributed by atoms with van der Waals surface area (Å²) in [6.45, 7) is 5.77. The van der Waals surface area contributed by atoms with Gasteiger partial charge in [0.2, 0.25) is 0 Å². The number of piperidine rings is 1. The highest BCUT2D eigenvalue weighted by Gasteiger charge is 2.19. The number of carbonyl (C=O) groups is 1. The minimum atomic E-state index is -0.0603. The molecule has 22 heavy (non-hydrogen) atoms. The molecule has 120 valence electrons. The summed E-state index contributed by atoms with van der Waals surface area (Å²) in [7, 11) is 0. The van der Waals surface area contributed by atoms with E-state index in [0.717, 1.165) is 38.2 Å². The van der Waals surface area contributed by atoms with Crippen molar-refractivity contribution in [3.8, 4) is 0 Å². The van der Waals surface area contributed by atoms with E-state index in [9.17, 15) is 4.79 Å². The van der Waals surface area contributed by atoms with Gasteiger partial charge in [-0.3, -0.25) is 9.78 Å². The minimum absolute atomic E-state index is 0.0603. The zero-order chi connectivity index (χ0) is 15.4. The number of nitrogens with zero attached hydrogens (tertiary/aromatic N) is 2. The SMILES string of the molecule is CC1CCCN(c2cncc(C(=O)NCC3CCCO3)c2)C1. The van der Waals surface area contributed by atoms with Crippen LogP contribution in [-0.2, 0) is 4.74 Å². The quantitative estimate of drug-likeness (QED) is 0.927. The van der Waals surface area contributed by atoms with Crippen molar-refractivity contribution in [2.75, 3.05) is 31.1 Å². The molecule has 1 aromatic rings. The van der Waals surface area contributed by atoms with Crippen LogP contribution in [0, 0.1) is 5.92 Å². The van der Waals surface area contributed by atoms with Crippen LogP contribution in [0.3, 0.4) is 0 Å². The number of ether oxygens (including phenoxy) is 1. The number of carbonyl (C=O) groups excluding carboxylic acids is 1. The van der Waals surface area contributed by atoms with Crippen molar-refractivity contribution in [1.29, 1.82) is 0 Å². The maximum absolute atomic E-state index is 12.3. The molecule has 0 radical (unpaired) electrons. The summed E-state index contributed by atoms with van der Waals surface area (Å²) in [5.74, 6) is 0.639. The van der Waals surface area contributed by atoms with E-state index < -0.39 is 0 Å². The Balaban J connectivity index is 1.61. The highest BCUT2D eigenvalue weighted by Crippen LogP contribution is 2.23. The standard InChI is InChI=1S/C17H25N3O2/c1-13-4-2-6-20(12-13)15-8-14(9-18-10-15)17(21)19-11-16-5-3-7-22-16/h8-10,13,16H,2-7,11-12H2,1H3,(H,19,21). The van der Waals surface area contributed by atoms with Crippen molar-refractivity contribution in [2.24, 2.45) is 5.92 Å². The van der Waals surface area contributed by atoms with Crippen molar-refractivity contribution in [1.82, 2.24) is 10.3 Å². The van der Waals surface area contributed by atoms with Crippen LogP contribution >= 0.6 is 0 Å². The maximum Gasteiger partial charge on any atom is 0.253 e. The van der Waals surface area contributed by atoms with Crippen LogP contribution in [0.2, 0.25) is 0 Å². The van der Waals surface area contributed by atoms with Crippen LogP contribution < -0.4 is 10.2 Å². The number of rotatable bonds is 4. The first-order chi connectivity index (χ1) is 10.7. The molecule has 2 aliphatic heterocycles. The van der Waals surface area contributed by atoms with Crippen LogP contribution in [0.1, 0.15) is 43.0 Å². The highest BCUT2D eigenvalue weighted by atomic mass is 16.5. The Morgan fingerprint density at radius 1 is 1.41 bits per heavy atom. The van der Waals surface area contributed by atoms with Crippen LogP contribution in [0.25, 0.3) is 0 Å². The minimum Gasteiger partial charge on any atom is -0.376 e. The first kappa shape index (κ1) is 15.3. The van der Waals surface area contributed by atoms with Gasteiger partial charge < -0.3 is 15.0 Å². The molecule has 0 aromatic carbocycles. The molecule has 1 aromatic heterocycles. The molecule has 3 rings (SSSR count). The van der Waals surface area contributed by atoms with Crippen LogP contribution in [0.4, 0.5) is 5.69 Å². The molecule has 1 N–H and O–H groups in total. The van der Waals surface area contributed by atoms with Crippen molar-refractivity contribution < 1.29 is 9.53 Å². The number of aromatic nitrogens is 1. The average molecular weight is 303 g/mol.